The first-order chi connectivity index (χ1) is 12.0. The largest absolute Gasteiger partial charge is 0.711 e. The van der Waals surface area contributed by atoms with Crippen LogP contribution in [0.5, 0.6) is 0 Å². The molecule has 1 aliphatic carbocycles. The second-order valence-corrected chi connectivity index (χ2v) is 6.57. The zero-order valence-electron chi connectivity index (χ0n) is 12.9. The van der Waals surface area contributed by atoms with Gasteiger partial charge in [0.2, 0.25) is 5.82 Å². The Morgan fingerprint density at radius 3 is 2.76 bits per heavy atom. The molecule has 3 rings (SSSR count). The van der Waals surface area contributed by atoms with Crippen LogP contribution in [-0.4, -0.2) is 12.5 Å². The van der Waals surface area contributed by atoms with Crippen LogP contribution in [0.25, 0.3) is 0 Å². The first-order valence-electron chi connectivity index (χ1n) is 7.51. The molecule has 1 aliphatic rings. The molecular weight excluding hydrogens is 400 g/mol. The van der Waals surface area contributed by atoms with Crippen molar-refractivity contribution in [2.75, 3.05) is 11.9 Å². The number of hydrogen-bond acceptors (Lipinski definition) is 4. The summed E-state index contributed by atoms with van der Waals surface area (Å²) in [6.07, 6.45) is 3.28. The number of rotatable bonds is 6. The van der Waals surface area contributed by atoms with Crippen molar-refractivity contribution in [3.63, 3.8) is 0 Å². The van der Waals surface area contributed by atoms with Crippen molar-refractivity contribution in [3.05, 3.63) is 57.3 Å². The van der Waals surface area contributed by atoms with Crippen LogP contribution >= 0.6 is 15.9 Å². The van der Waals surface area contributed by atoms with Gasteiger partial charge in [-0.25, -0.2) is 19.9 Å². The number of nitrogens with one attached hydrogen (secondary N) is 2. The first kappa shape index (κ1) is 17.6. The third-order valence-electron chi connectivity index (χ3n) is 3.65. The van der Waals surface area contributed by atoms with Crippen LogP contribution < -0.4 is 15.5 Å². The second-order valence-electron chi connectivity index (χ2n) is 5.65. The Bertz CT molecular complexity index is 815. The number of carbonyl (C=O) groups excluding carboxylic acids is 1. The maximum absolute atomic E-state index is 14.2. The number of aromatic nitrogens is 1. The summed E-state index contributed by atoms with van der Waals surface area (Å²) in [4.78, 5) is 17.3. The highest BCUT2D eigenvalue weighted by molar-refractivity contribution is 9.10. The molecule has 0 spiro atoms. The van der Waals surface area contributed by atoms with Gasteiger partial charge in [0.25, 0.3) is 11.7 Å². The predicted molar refractivity (Wildman–Crippen MR) is 88.9 cm³/mol. The maximum atomic E-state index is 14.2. The number of hydrogen-bond donors (Lipinski definition) is 2. The normalized spacial score (nSPS) is 13.6. The van der Waals surface area contributed by atoms with E-state index in [1.54, 1.807) is 6.07 Å². The van der Waals surface area contributed by atoms with E-state index in [4.69, 9.17) is 4.84 Å². The third-order valence-corrected chi connectivity index (χ3v) is 4.12. The van der Waals surface area contributed by atoms with Crippen molar-refractivity contribution < 1.29 is 23.1 Å². The van der Waals surface area contributed by atoms with Crippen LogP contribution in [0, 0.1) is 22.8 Å². The summed E-state index contributed by atoms with van der Waals surface area (Å²) < 4.78 is 28.7. The minimum atomic E-state index is -1.27. The third kappa shape index (κ3) is 4.23. The van der Waals surface area contributed by atoms with Gasteiger partial charge in [-0.05, 0) is 52.9 Å². The number of hydroxylamine groups is 1. The summed E-state index contributed by atoms with van der Waals surface area (Å²) in [5, 5.41) is 14.3. The molecule has 0 saturated heterocycles. The molecule has 0 bridgehead atoms. The lowest BCUT2D eigenvalue weighted by Crippen LogP contribution is -2.30. The average molecular weight is 414 g/mol. The van der Waals surface area contributed by atoms with Crippen LogP contribution in [-0.2, 0) is 4.84 Å². The lowest BCUT2D eigenvalue weighted by Gasteiger charge is -2.12. The van der Waals surface area contributed by atoms with Gasteiger partial charge in [0.15, 0.2) is 11.5 Å². The zero-order chi connectivity index (χ0) is 18.0. The van der Waals surface area contributed by atoms with Crippen molar-refractivity contribution in [3.8, 4) is 0 Å². The number of anilines is 2. The molecule has 25 heavy (non-hydrogen) atoms. The lowest BCUT2D eigenvalue weighted by molar-refractivity contribution is -0.590. The Hall–Kier alpha value is -2.26. The smallest absolute Gasteiger partial charge is 0.282 e. The molecule has 1 aromatic carbocycles. The monoisotopic (exact) mass is 413 g/mol. The fraction of sp³-hybridized carbons (Fsp3) is 0.250. The Balaban J connectivity index is 1.85. The van der Waals surface area contributed by atoms with Crippen LogP contribution in [0.2, 0.25) is 0 Å². The number of amides is 1. The summed E-state index contributed by atoms with van der Waals surface area (Å²) in [7, 11) is 0. The molecule has 2 aromatic rings. The number of nitrogens with zero attached hydrogens (tertiary/aromatic N) is 1. The number of halogens is 3. The Kier molecular flexibility index (Phi) is 5.14. The Morgan fingerprint density at radius 2 is 2.08 bits per heavy atom. The summed E-state index contributed by atoms with van der Waals surface area (Å²) >= 11 is 3.13. The molecule has 1 saturated carbocycles. The van der Waals surface area contributed by atoms with Gasteiger partial charge >= 0.3 is 0 Å². The van der Waals surface area contributed by atoms with Crippen LogP contribution in [0.4, 0.5) is 20.3 Å². The topological polar surface area (TPSA) is 77.3 Å². The first-order valence-corrected chi connectivity index (χ1v) is 8.31. The van der Waals surface area contributed by atoms with E-state index in [2.05, 4.69) is 26.7 Å². The number of pyridine rings is 1. The molecular formula is C16H14BrF2N3O3. The lowest BCUT2D eigenvalue weighted by atomic mass is 10.1. The van der Waals surface area contributed by atoms with E-state index in [1.165, 1.54) is 12.3 Å². The fourth-order valence-electron chi connectivity index (χ4n) is 2.11. The van der Waals surface area contributed by atoms with Gasteiger partial charge in [0, 0.05) is 6.07 Å². The number of benzene rings is 1. The van der Waals surface area contributed by atoms with E-state index in [1.807, 2.05) is 0 Å². The minimum Gasteiger partial charge on any atom is -0.711 e. The molecule has 6 nitrogen and oxygen atoms in total. The van der Waals surface area contributed by atoms with E-state index in [0.717, 1.165) is 25.0 Å². The van der Waals surface area contributed by atoms with Gasteiger partial charge in [-0.3, -0.25) is 9.63 Å². The molecule has 2 N–H and O–H groups in total. The van der Waals surface area contributed by atoms with Crippen LogP contribution in [0.1, 0.15) is 23.2 Å². The van der Waals surface area contributed by atoms with Crippen LogP contribution in [0.3, 0.4) is 0 Å². The maximum Gasteiger partial charge on any atom is 0.282 e. The highest BCUT2D eigenvalue weighted by atomic mass is 79.9. The standard InChI is InChI=1S/C16H14BrF2N3O3/c17-10-3-6-13(22(24)7-10)20-15-11(4-5-12(18)14(15)19)16(23)21-25-8-9-1-2-9/h3-7,9,20H,1-2,8H2,(H,21,23). The van der Waals surface area contributed by atoms with Gasteiger partial charge < -0.3 is 5.21 Å². The van der Waals surface area contributed by atoms with E-state index < -0.39 is 23.2 Å². The molecule has 1 fully saturated rings. The van der Waals surface area contributed by atoms with Crippen molar-refractivity contribution in [2.45, 2.75) is 12.8 Å². The zero-order valence-corrected chi connectivity index (χ0v) is 14.5. The van der Waals surface area contributed by atoms with Gasteiger partial charge in [-0.1, -0.05) is 0 Å². The molecule has 1 aromatic heterocycles. The van der Waals surface area contributed by atoms with Crippen molar-refractivity contribution in [2.24, 2.45) is 5.92 Å². The molecule has 0 unspecified atom stereocenters. The fourth-order valence-corrected chi connectivity index (χ4v) is 2.43. The minimum absolute atomic E-state index is 0.0688. The van der Waals surface area contributed by atoms with Crippen molar-refractivity contribution in [1.82, 2.24) is 5.48 Å². The molecule has 1 amide bonds. The summed E-state index contributed by atoms with van der Waals surface area (Å²) in [6.45, 7) is 0.367. The SMILES string of the molecule is O=C(NOCC1CC1)c1ccc(F)c(F)c1Nc1ccc(Br)c[n+]1[O-]. The van der Waals surface area contributed by atoms with E-state index in [0.29, 0.717) is 21.7 Å². The van der Waals surface area contributed by atoms with Crippen molar-refractivity contribution >= 4 is 33.3 Å². The average Bonchev–Trinajstić information content (AvgIpc) is 3.38. The van der Waals surface area contributed by atoms with E-state index in [9.17, 15) is 18.8 Å². The Labute approximate surface area is 150 Å². The predicted octanol–water partition coefficient (Wildman–Crippen LogP) is 3.18. The molecule has 0 aliphatic heterocycles. The van der Waals surface area contributed by atoms with Crippen LogP contribution in [0.15, 0.2) is 34.9 Å². The van der Waals surface area contributed by atoms with Gasteiger partial charge in [0.1, 0.15) is 6.20 Å². The van der Waals surface area contributed by atoms with Gasteiger partial charge in [-0.15, -0.1) is 0 Å². The number of carbonyl (C=O) groups is 1. The highest BCUT2D eigenvalue weighted by Gasteiger charge is 2.25. The van der Waals surface area contributed by atoms with E-state index in [-0.39, 0.29) is 11.4 Å². The molecule has 0 radical (unpaired) electrons. The quantitative estimate of drug-likeness (QED) is 0.433. The molecule has 0 atom stereocenters. The highest BCUT2D eigenvalue weighted by Crippen LogP contribution is 2.29. The molecule has 132 valence electrons. The van der Waals surface area contributed by atoms with Gasteiger partial charge in [0.05, 0.1) is 16.6 Å². The molecule has 9 heteroatoms. The van der Waals surface area contributed by atoms with Crippen molar-refractivity contribution in [1.29, 1.82) is 0 Å². The summed E-state index contributed by atoms with van der Waals surface area (Å²) in [5.74, 6) is -2.80. The summed E-state index contributed by atoms with van der Waals surface area (Å²) in [6, 6.07) is 4.87. The summed E-state index contributed by atoms with van der Waals surface area (Å²) in [5.41, 5.74) is 1.58. The Morgan fingerprint density at radius 1 is 1.32 bits per heavy atom. The second kappa shape index (κ2) is 7.32. The molecule has 1 heterocycles. The van der Waals surface area contributed by atoms with E-state index >= 15 is 0 Å². The van der Waals surface area contributed by atoms with Gasteiger partial charge in [-0.2, -0.15) is 4.39 Å².